The second kappa shape index (κ2) is 9.11. The fraction of sp³-hybridized carbons (Fsp3) is 0.143. The summed E-state index contributed by atoms with van der Waals surface area (Å²) in [4.78, 5) is 0. The van der Waals surface area contributed by atoms with Gasteiger partial charge in [0.1, 0.15) is 0 Å². The molecule has 0 spiro atoms. The van der Waals surface area contributed by atoms with Crippen LogP contribution in [0.15, 0.2) is 91.0 Å². The average molecular weight is 430 g/mol. The molecule has 0 fully saturated rings. The van der Waals surface area contributed by atoms with Gasteiger partial charge in [-0.05, 0) is 0 Å². The second-order valence-electron chi connectivity index (χ2n) is 5.32. The summed E-state index contributed by atoms with van der Waals surface area (Å²) in [5.74, 6) is 0. The molecule has 0 radical (unpaired) electrons. The van der Waals surface area contributed by atoms with E-state index in [-0.39, 0.29) is 0 Å². The van der Waals surface area contributed by atoms with Crippen molar-refractivity contribution in [2.75, 3.05) is 0 Å². The van der Waals surface area contributed by atoms with E-state index in [9.17, 15) is 0 Å². The monoisotopic (exact) mass is 432 g/mol. The van der Waals surface area contributed by atoms with Crippen LogP contribution in [0, 0.1) is 0 Å². The number of benzene rings is 3. The molecule has 0 aromatic heterocycles. The van der Waals surface area contributed by atoms with E-state index in [1.807, 2.05) is 0 Å². The van der Waals surface area contributed by atoms with Gasteiger partial charge in [-0.15, -0.1) is 0 Å². The van der Waals surface area contributed by atoms with Crippen LogP contribution >= 0.6 is 0 Å². The van der Waals surface area contributed by atoms with Crippen LogP contribution in [0.4, 0.5) is 0 Å². The first-order valence-electron chi connectivity index (χ1n) is 7.87. The zero-order valence-corrected chi connectivity index (χ0v) is 16.4. The van der Waals surface area contributed by atoms with Gasteiger partial charge < -0.3 is 0 Å². The van der Waals surface area contributed by atoms with E-state index in [4.69, 9.17) is 0 Å². The zero-order chi connectivity index (χ0) is 15.7. The Morgan fingerprint density at radius 2 is 1.00 bits per heavy atom. The standard InChI is InChI=1S/C21H20Se2/c1-4-10-18(11-5-1)16-17-21(22-19-12-6-2-7-13-19)23-20-14-8-3-9-15-20/h1-15,21H,16-17H2. The summed E-state index contributed by atoms with van der Waals surface area (Å²) in [6, 6.07) is 32.9. The molecule has 0 saturated heterocycles. The molecule has 0 aliphatic heterocycles. The number of rotatable bonds is 7. The van der Waals surface area contributed by atoms with Crippen molar-refractivity contribution in [2.24, 2.45) is 0 Å². The number of hydrogen-bond acceptors (Lipinski definition) is 0. The predicted molar refractivity (Wildman–Crippen MR) is 102 cm³/mol. The van der Waals surface area contributed by atoms with E-state index in [1.54, 1.807) is 0 Å². The van der Waals surface area contributed by atoms with E-state index in [2.05, 4.69) is 91.0 Å². The summed E-state index contributed by atoms with van der Waals surface area (Å²) in [7, 11) is 0. The molecule has 23 heavy (non-hydrogen) atoms. The molecule has 0 atom stereocenters. The molecule has 3 aromatic rings. The van der Waals surface area contributed by atoms with Crippen LogP contribution in [-0.4, -0.2) is 29.9 Å². The van der Waals surface area contributed by atoms with Gasteiger partial charge in [-0.25, -0.2) is 0 Å². The van der Waals surface area contributed by atoms with Crippen molar-refractivity contribution < 1.29 is 0 Å². The SMILES string of the molecule is c1ccc(CCC([Se]c2ccccc2)[Se]c2ccccc2)cc1. The molecule has 0 unspecified atom stereocenters. The van der Waals surface area contributed by atoms with Gasteiger partial charge >= 0.3 is 152 Å². The van der Waals surface area contributed by atoms with Gasteiger partial charge in [-0.1, -0.05) is 0 Å². The molecular weight excluding hydrogens is 410 g/mol. The van der Waals surface area contributed by atoms with E-state index in [0.717, 1.165) is 3.71 Å². The van der Waals surface area contributed by atoms with Crippen molar-refractivity contribution in [3.8, 4) is 0 Å². The first kappa shape index (κ1) is 16.6. The number of hydrogen-bond donors (Lipinski definition) is 0. The summed E-state index contributed by atoms with van der Waals surface area (Å²) >= 11 is 1.10. The van der Waals surface area contributed by atoms with E-state index in [0.29, 0.717) is 29.9 Å². The van der Waals surface area contributed by atoms with Crippen molar-refractivity contribution in [2.45, 2.75) is 16.6 Å². The molecule has 0 aliphatic rings. The van der Waals surface area contributed by atoms with Crippen molar-refractivity contribution >= 4 is 38.8 Å². The molecule has 0 amide bonds. The zero-order valence-electron chi connectivity index (χ0n) is 13.0. The van der Waals surface area contributed by atoms with Gasteiger partial charge in [0, 0.05) is 0 Å². The van der Waals surface area contributed by atoms with Crippen molar-refractivity contribution in [3.05, 3.63) is 96.6 Å². The van der Waals surface area contributed by atoms with Crippen LogP contribution in [0.5, 0.6) is 0 Å². The van der Waals surface area contributed by atoms with Gasteiger partial charge in [-0.3, -0.25) is 0 Å². The summed E-state index contributed by atoms with van der Waals surface area (Å²) in [5.41, 5.74) is 1.46. The Bertz CT molecular complexity index is 639. The molecule has 2 heteroatoms. The Kier molecular flexibility index (Phi) is 6.55. The van der Waals surface area contributed by atoms with E-state index in [1.165, 1.54) is 27.3 Å². The van der Waals surface area contributed by atoms with Crippen LogP contribution in [-0.2, 0) is 6.42 Å². The molecule has 0 bridgehead atoms. The fourth-order valence-electron chi connectivity index (χ4n) is 2.37. The molecule has 0 aliphatic carbocycles. The van der Waals surface area contributed by atoms with Crippen LogP contribution < -0.4 is 8.92 Å². The molecule has 0 N–H and O–H groups in total. The number of aryl methyl sites for hydroxylation is 1. The van der Waals surface area contributed by atoms with Gasteiger partial charge in [0.2, 0.25) is 0 Å². The first-order valence-corrected chi connectivity index (χ1v) is 11.6. The maximum atomic E-state index is 2.29. The maximum absolute atomic E-state index is 2.29. The molecule has 0 heterocycles. The van der Waals surface area contributed by atoms with Crippen LogP contribution in [0.25, 0.3) is 0 Å². The van der Waals surface area contributed by atoms with Gasteiger partial charge in [0.15, 0.2) is 0 Å². The van der Waals surface area contributed by atoms with Crippen molar-refractivity contribution in [1.29, 1.82) is 0 Å². The Labute approximate surface area is 151 Å². The molecule has 3 aromatic carbocycles. The van der Waals surface area contributed by atoms with Crippen LogP contribution in [0.1, 0.15) is 12.0 Å². The quantitative estimate of drug-likeness (QED) is 0.504. The third kappa shape index (κ3) is 5.68. The van der Waals surface area contributed by atoms with Crippen molar-refractivity contribution in [1.82, 2.24) is 0 Å². The molecule has 0 nitrogen and oxygen atoms in total. The Morgan fingerprint density at radius 3 is 1.48 bits per heavy atom. The van der Waals surface area contributed by atoms with Gasteiger partial charge in [0.05, 0.1) is 0 Å². The summed E-state index contributed by atoms with van der Waals surface area (Å²) < 4.78 is 3.85. The third-order valence-electron chi connectivity index (χ3n) is 3.53. The molecule has 116 valence electrons. The summed E-state index contributed by atoms with van der Waals surface area (Å²) in [6.07, 6.45) is 2.47. The topological polar surface area (TPSA) is 0 Å². The Morgan fingerprint density at radius 1 is 0.565 bits per heavy atom. The minimum absolute atomic E-state index is 0.548. The molecule has 3 rings (SSSR count). The normalized spacial score (nSPS) is 10.8. The molecular formula is C21H20Se2. The molecule has 0 saturated carbocycles. The second-order valence-corrected chi connectivity index (χ2v) is 12.2. The van der Waals surface area contributed by atoms with Crippen molar-refractivity contribution in [3.63, 3.8) is 0 Å². The fourth-order valence-corrected chi connectivity index (χ4v) is 9.00. The van der Waals surface area contributed by atoms with Crippen LogP contribution in [0.3, 0.4) is 0 Å². The van der Waals surface area contributed by atoms with E-state index >= 15 is 0 Å². The minimum atomic E-state index is 0.548. The average Bonchev–Trinajstić information content (AvgIpc) is 2.62. The summed E-state index contributed by atoms with van der Waals surface area (Å²) in [6.45, 7) is 0. The third-order valence-corrected chi connectivity index (χ3v) is 10.0. The Balaban J connectivity index is 1.67. The predicted octanol–water partition coefficient (Wildman–Crippen LogP) is 3.42. The van der Waals surface area contributed by atoms with Gasteiger partial charge in [0.25, 0.3) is 0 Å². The first-order chi connectivity index (χ1) is 11.4. The van der Waals surface area contributed by atoms with Crippen LogP contribution in [0.2, 0.25) is 3.71 Å². The van der Waals surface area contributed by atoms with Gasteiger partial charge in [-0.2, -0.15) is 0 Å². The Hall–Kier alpha value is -1.30. The van der Waals surface area contributed by atoms with E-state index < -0.39 is 0 Å². The summed E-state index contributed by atoms with van der Waals surface area (Å²) in [5, 5.41) is 0.